The number of hydrogen-bond donors (Lipinski definition) is 2. The molecule has 0 radical (unpaired) electrons. The van der Waals surface area contributed by atoms with Gasteiger partial charge < -0.3 is 14.4 Å². The second-order valence-corrected chi connectivity index (χ2v) is 9.33. The summed E-state index contributed by atoms with van der Waals surface area (Å²) in [5.41, 5.74) is 6.72. The van der Waals surface area contributed by atoms with Gasteiger partial charge >= 0.3 is 12.1 Å². The van der Waals surface area contributed by atoms with Gasteiger partial charge in [-0.05, 0) is 60.9 Å². The van der Waals surface area contributed by atoms with Crippen molar-refractivity contribution in [2.24, 2.45) is 0 Å². The molecule has 2 N–H and O–H groups in total. The van der Waals surface area contributed by atoms with Crippen LogP contribution in [0.2, 0.25) is 0 Å². The van der Waals surface area contributed by atoms with Gasteiger partial charge in [0.25, 0.3) is 0 Å². The van der Waals surface area contributed by atoms with E-state index in [-0.39, 0.29) is 0 Å². The number of amides is 1. The average Bonchev–Trinajstić information content (AvgIpc) is 3.28. The number of carbonyl (C=O) groups excluding carboxylic acids is 1. The number of anilines is 1. The molecule has 1 aliphatic carbocycles. The fourth-order valence-corrected chi connectivity index (χ4v) is 4.86. The second-order valence-electron chi connectivity index (χ2n) is 9.33. The number of hydrogen-bond acceptors (Lipinski definition) is 5. The van der Waals surface area contributed by atoms with Crippen molar-refractivity contribution in [1.82, 2.24) is 5.16 Å². The molecule has 2 atom stereocenters. The first-order chi connectivity index (χ1) is 17.9. The summed E-state index contributed by atoms with van der Waals surface area (Å²) >= 11 is 0. The summed E-state index contributed by atoms with van der Waals surface area (Å²) in [6, 6.07) is 23.3. The van der Waals surface area contributed by atoms with E-state index < -0.39 is 24.1 Å². The number of aliphatic carboxylic acids is 1. The Kier molecular flexibility index (Phi) is 6.77. The molecule has 0 saturated heterocycles. The van der Waals surface area contributed by atoms with Crippen molar-refractivity contribution < 1.29 is 24.0 Å². The molecule has 0 fully saturated rings. The number of carboxylic acids is 1. The van der Waals surface area contributed by atoms with Crippen LogP contribution in [0.3, 0.4) is 0 Å². The van der Waals surface area contributed by atoms with Crippen LogP contribution in [0.25, 0.3) is 22.5 Å². The quantitative estimate of drug-likeness (QED) is 0.294. The highest BCUT2D eigenvalue weighted by atomic mass is 16.6. The van der Waals surface area contributed by atoms with Crippen molar-refractivity contribution >= 4 is 17.7 Å². The minimum absolute atomic E-state index is 0.411. The minimum atomic E-state index is -0.761. The maximum Gasteiger partial charge on any atom is 0.412 e. The van der Waals surface area contributed by atoms with Crippen molar-refractivity contribution in [2.75, 3.05) is 5.32 Å². The van der Waals surface area contributed by atoms with E-state index in [0.29, 0.717) is 23.6 Å². The van der Waals surface area contributed by atoms with Gasteiger partial charge in [0.1, 0.15) is 17.5 Å². The summed E-state index contributed by atoms with van der Waals surface area (Å²) in [4.78, 5) is 24.2. The molecule has 1 aliphatic rings. The number of nitrogens with one attached hydrogen (secondary N) is 1. The molecule has 0 aliphatic heterocycles. The summed E-state index contributed by atoms with van der Waals surface area (Å²) in [5, 5.41) is 16.4. The smallest absolute Gasteiger partial charge is 0.412 e. The van der Waals surface area contributed by atoms with Crippen LogP contribution in [-0.2, 0) is 16.0 Å². The lowest BCUT2D eigenvalue weighted by molar-refractivity contribution is -0.139. The number of nitrogens with zero attached hydrogens (tertiary/aromatic N) is 1. The fourth-order valence-electron chi connectivity index (χ4n) is 4.86. The van der Waals surface area contributed by atoms with Crippen molar-refractivity contribution in [1.29, 1.82) is 0 Å². The number of fused-ring (bicyclic) bond motifs is 1. The molecule has 188 valence electrons. The Labute approximate surface area is 215 Å². The lowest BCUT2D eigenvalue weighted by atomic mass is 9.81. The first kappa shape index (κ1) is 24.3. The fraction of sp³-hybridized carbons (Fsp3) is 0.233. The van der Waals surface area contributed by atoms with E-state index in [4.69, 9.17) is 9.26 Å². The lowest BCUT2D eigenvalue weighted by Gasteiger charge is -2.23. The van der Waals surface area contributed by atoms with Crippen molar-refractivity contribution in [3.05, 3.63) is 95.2 Å². The molecule has 0 bridgehead atoms. The molecule has 2 unspecified atom stereocenters. The normalized spacial score (nSPS) is 15.5. The highest BCUT2D eigenvalue weighted by Gasteiger charge is 2.26. The van der Waals surface area contributed by atoms with E-state index in [9.17, 15) is 14.7 Å². The van der Waals surface area contributed by atoms with Gasteiger partial charge in [0.05, 0.1) is 5.92 Å². The number of carbonyl (C=O) groups is 2. The number of ether oxygens (including phenoxy) is 1. The van der Waals surface area contributed by atoms with Crippen molar-refractivity contribution in [3.8, 4) is 22.5 Å². The van der Waals surface area contributed by atoms with E-state index in [0.717, 1.165) is 46.2 Å². The van der Waals surface area contributed by atoms with Crippen LogP contribution in [0.5, 0.6) is 0 Å². The van der Waals surface area contributed by atoms with E-state index in [1.54, 1.807) is 6.92 Å². The van der Waals surface area contributed by atoms with E-state index >= 15 is 0 Å². The monoisotopic (exact) mass is 496 g/mol. The van der Waals surface area contributed by atoms with Gasteiger partial charge in [-0.2, -0.15) is 0 Å². The second kappa shape index (κ2) is 10.3. The zero-order chi connectivity index (χ0) is 25.9. The first-order valence-electron chi connectivity index (χ1n) is 12.4. The molecule has 1 amide bonds. The SMILES string of the molecule is Cc1noc(-c2ccc(-c3ccc4c(c3)CCCC4C(=O)O)cc2)c1NC(=O)OC(C)c1ccccc1. The molecule has 0 spiro atoms. The summed E-state index contributed by atoms with van der Waals surface area (Å²) < 4.78 is 11.1. The molecule has 1 heterocycles. The highest BCUT2D eigenvalue weighted by Crippen LogP contribution is 2.36. The molecule has 3 aromatic carbocycles. The third kappa shape index (κ3) is 5.11. The van der Waals surface area contributed by atoms with Gasteiger partial charge in [-0.25, -0.2) is 4.79 Å². The maximum absolute atomic E-state index is 12.6. The third-order valence-electron chi connectivity index (χ3n) is 6.88. The zero-order valence-corrected chi connectivity index (χ0v) is 20.7. The molecular formula is C30H28N2O5. The standard InChI is InChI=1S/C30H28N2O5/c1-18-27(31-30(35)36-19(2)20-7-4-3-5-8-20)28(37-32-18)22-13-11-21(12-14-22)23-15-16-25-24(17-23)9-6-10-26(25)29(33)34/h3-5,7-8,11-17,19,26H,6,9-10H2,1-2H3,(H,31,35)(H,33,34). The van der Waals surface area contributed by atoms with Gasteiger partial charge in [-0.1, -0.05) is 78.0 Å². The Morgan fingerprint density at radius 3 is 2.46 bits per heavy atom. The van der Waals surface area contributed by atoms with E-state index in [1.165, 1.54) is 0 Å². The summed E-state index contributed by atoms with van der Waals surface area (Å²) in [6.45, 7) is 3.58. The first-order valence-corrected chi connectivity index (χ1v) is 12.4. The molecule has 37 heavy (non-hydrogen) atoms. The van der Waals surface area contributed by atoms with Gasteiger partial charge in [0.2, 0.25) is 0 Å². The van der Waals surface area contributed by atoms with Crippen LogP contribution < -0.4 is 5.32 Å². The molecule has 5 rings (SSSR count). The number of benzene rings is 3. The molecule has 4 aromatic rings. The predicted octanol–water partition coefficient (Wildman–Crippen LogP) is 7.13. The van der Waals surface area contributed by atoms with Gasteiger partial charge in [0, 0.05) is 5.56 Å². The molecule has 7 heteroatoms. The van der Waals surface area contributed by atoms with Crippen LogP contribution in [0, 0.1) is 6.92 Å². The Morgan fingerprint density at radius 1 is 1.03 bits per heavy atom. The molecular weight excluding hydrogens is 468 g/mol. The van der Waals surface area contributed by atoms with Crippen LogP contribution >= 0.6 is 0 Å². The Morgan fingerprint density at radius 2 is 1.73 bits per heavy atom. The average molecular weight is 497 g/mol. The number of aryl methyl sites for hydroxylation is 2. The van der Waals surface area contributed by atoms with Crippen LogP contribution in [0.15, 0.2) is 77.3 Å². The van der Waals surface area contributed by atoms with Gasteiger partial charge in [0.15, 0.2) is 5.76 Å². The van der Waals surface area contributed by atoms with Crippen molar-refractivity contribution in [3.63, 3.8) is 0 Å². The van der Waals surface area contributed by atoms with Crippen LogP contribution in [-0.4, -0.2) is 22.3 Å². The van der Waals surface area contributed by atoms with Crippen LogP contribution in [0.4, 0.5) is 10.5 Å². The topological polar surface area (TPSA) is 102 Å². The molecule has 7 nitrogen and oxygen atoms in total. The Bertz CT molecular complexity index is 1430. The highest BCUT2D eigenvalue weighted by molar-refractivity contribution is 5.91. The predicted molar refractivity (Wildman–Crippen MR) is 140 cm³/mol. The minimum Gasteiger partial charge on any atom is -0.481 e. The number of rotatable bonds is 6. The lowest BCUT2D eigenvalue weighted by Crippen LogP contribution is -2.17. The number of carboxylic acid groups (broad SMARTS) is 1. The summed E-state index contributed by atoms with van der Waals surface area (Å²) in [5.74, 6) is -0.741. The van der Waals surface area contributed by atoms with Crippen molar-refractivity contribution in [2.45, 2.75) is 45.1 Å². The maximum atomic E-state index is 12.6. The Hall–Kier alpha value is -4.39. The molecule has 0 saturated carbocycles. The third-order valence-corrected chi connectivity index (χ3v) is 6.88. The van der Waals surface area contributed by atoms with Gasteiger partial charge in [-0.15, -0.1) is 0 Å². The summed E-state index contributed by atoms with van der Waals surface area (Å²) in [7, 11) is 0. The van der Waals surface area contributed by atoms with E-state index in [2.05, 4.69) is 16.5 Å². The molecule has 1 aromatic heterocycles. The van der Waals surface area contributed by atoms with Crippen LogP contribution in [0.1, 0.15) is 54.2 Å². The van der Waals surface area contributed by atoms with E-state index in [1.807, 2.05) is 73.7 Å². The summed E-state index contributed by atoms with van der Waals surface area (Å²) in [6.07, 6.45) is 1.44. The Balaban J connectivity index is 1.33. The zero-order valence-electron chi connectivity index (χ0n) is 20.7. The van der Waals surface area contributed by atoms with Gasteiger partial charge in [-0.3, -0.25) is 10.1 Å². The largest absolute Gasteiger partial charge is 0.481 e. The number of aromatic nitrogens is 1.